The second-order valence-corrected chi connectivity index (χ2v) is 5.54. The lowest BCUT2D eigenvalue weighted by Crippen LogP contribution is -2.16. The molecule has 2 aromatic carbocycles. The fraction of sp³-hybridized carbons (Fsp3) is 0.263. The summed E-state index contributed by atoms with van der Waals surface area (Å²) in [4.78, 5) is 23.7. The average Bonchev–Trinajstić information content (AvgIpc) is 2.62. The van der Waals surface area contributed by atoms with Gasteiger partial charge in [-0.1, -0.05) is 30.3 Å². The number of amides is 2. The molecular weight excluding hydrogens is 318 g/mol. The van der Waals surface area contributed by atoms with Gasteiger partial charge in [-0.15, -0.1) is 0 Å². The summed E-state index contributed by atoms with van der Waals surface area (Å²) in [6.07, 6.45) is 1.30. The van der Waals surface area contributed by atoms with Gasteiger partial charge in [0.25, 0.3) is 0 Å². The number of aryl methyl sites for hydroxylation is 1. The molecule has 0 atom stereocenters. The van der Waals surface area contributed by atoms with Gasteiger partial charge in [0, 0.05) is 31.1 Å². The molecule has 0 saturated carbocycles. The molecule has 0 saturated heterocycles. The number of nitrogens with one attached hydrogen (secondary N) is 2. The largest absolute Gasteiger partial charge is 0.494 e. The first kappa shape index (κ1) is 18.5. The number of ether oxygens (including phenoxy) is 1. The van der Waals surface area contributed by atoms with Crippen molar-refractivity contribution in [1.82, 2.24) is 0 Å². The average molecular weight is 341 g/mol. The number of carbonyl (C=O) groups is 2. The monoisotopic (exact) mass is 341 g/mol. The minimum atomic E-state index is -0.163. The topological polar surface area (TPSA) is 93.4 Å². The molecule has 0 aliphatic rings. The van der Waals surface area contributed by atoms with Crippen LogP contribution in [-0.4, -0.2) is 25.5 Å². The highest BCUT2D eigenvalue weighted by Crippen LogP contribution is 2.28. The van der Waals surface area contributed by atoms with Crippen LogP contribution in [0.5, 0.6) is 5.75 Å². The van der Waals surface area contributed by atoms with Gasteiger partial charge in [0.2, 0.25) is 11.8 Å². The molecule has 0 aliphatic heterocycles. The van der Waals surface area contributed by atoms with Crippen molar-refractivity contribution in [1.29, 1.82) is 0 Å². The molecule has 0 fully saturated rings. The first-order valence-electron chi connectivity index (χ1n) is 8.14. The van der Waals surface area contributed by atoms with Crippen molar-refractivity contribution in [3.8, 4) is 5.75 Å². The van der Waals surface area contributed by atoms with Crippen LogP contribution in [0.3, 0.4) is 0 Å². The Morgan fingerprint density at radius 1 is 1.00 bits per heavy atom. The summed E-state index contributed by atoms with van der Waals surface area (Å²) < 4.78 is 5.30. The molecule has 6 heteroatoms. The molecule has 2 amide bonds. The van der Waals surface area contributed by atoms with Gasteiger partial charge in [-0.3, -0.25) is 9.59 Å². The number of hydrogen-bond acceptors (Lipinski definition) is 4. The third kappa shape index (κ3) is 5.93. The van der Waals surface area contributed by atoms with E-state index < -0.39 is 0 Å². The number of methoxy groups -OCH3 is 1. The molecule has 0 unspecified atom stereocenters. The van der Waals surface area contributed by atoms with Crippen LogP contribution >= 0.6 is 0 Å². The summed E-state index contributed by atoms with van der Waals surface area (Å²) in [7, 11) is 1.51. The Bertz CT molecular complexity index is 717. The Morgan fingerprint density at radius 3 is 2.40 bits per heavy atom. The zero-order chi connectivity index (χ0) is 18.1. The van der Waals surface area contributed by atoms with Gasteiger partial charge in [-0.05, 0) is 24.1 Å². The van der Waals surface area contributed by atoms with Crippen LogP contribution in [0.2, 0.25) is 0 Å². The van der Waals surface area contributed by atoms with Crippen LogP contribution in [0.25, 0.3) is 0 Å². The lowest BCUT2D eigenvalue weighted by atomic mass is 10.1. The van der Waals surface area contributed by atoms with Gasteiger partial charge < -0.3 is 21.1 Å². The fourth-order valence-electron chi connectivity index (χ4n) is 2.34. The number of rotatable bonds is 8. The van der Waals surface area contributed by atoms with Crippen LogP contribution < -0.4 is 21.1 Å². The summed E-state index contributed by atoms with van der Waals surface area (Å²) in [6.45, 7) is 0.290. The molecule has 6 nitrogen and oxygen atoms in total. The van der Waals surface area contributed by atoms with Crippen molar-refractivity contribution in [3.63, 3.8) is 0 Å². The Morgan fingerprint density at radius 2 is 1.72 bits per heavy atom. The van der Waals surface area contributed by atoms with E-state index in [9.17, 15) is 9.59 Å². The normalized spacial score (nSPS) is 10.2. The van der Waals surface area contributed by atoms with Crippen molar-refractivity contribution in [2.45, 2.75) is 19.3 Å². The molecule has 0 aliphatic carbocycles. The maximum absolute atomic E-state index is 12.2. The van der Waals surface area contributed by atoms with Crippen LogP contribution in [0.15, 0.2) is 48.5 Å². The first-order chi connectivity index (χ1) is 12.1. The zero-order valence-corrected chi connectivity index (χ0v) is 14.2. The van der Waals surface area contributed by atoms with E-state index in [1.807, 2.05) is 30.3 Å². The van der Waals surface area contributed by atoms with Crippen molar-refractivity contribution in [3.05, 3.63) is 54.1 Å². The molecule has 0 radical (unpaired) electrons. The summed E-state index contributed by atoms with van der Waals surface area (Å²) in [6, 6.07) is 14.9. The number of carbonyl (C=O) groups excluding carboxylic acids is 2. The number of benzene rings is 2. The van der Waals surface area contributed by atoms with Crippen LogP contribution in [0, 0.1) is 0 Å². The predicted octanol–water partition coefficient (Wildman–Crippen LogP) is 2.55. The molecule has 2 aromatic rings. The van der Waals surface area contributed by atoms with E-state index in [2.05, 4.69) is 10.6 Å². The lowest BCUT2D eigenvalue weighted by Gasteiger charge is -2.12. The molecule has 25 heavy (non-hydrogen) atoms. The van der Waals surface area contributed by atoms with Crippen molar-refractivity contribution < 1.29 is 14.3 Å². The maximum atomic E-state index is 12.2. The third-order valence-corrected chi connectivity index (χ3v) is 3.61. The van der Waals surface area contributed by atoms with Crippen LogP contribution in [0.4, 0.5) is 11.4 Å². The lowest BCUT2D eigenvalue weighted by molar-refractivity contribution is -0.116. The maximum Gasteiger partial charge on any atom is 0.225 e. The molecule has 0 spiro atoms. The summed E-state index contributed by atoms with van der Waals surface area (Å²) in [5.41, 5.74) is 7.63. The van der Waals surface area contributed by atoms with Gasteiger partial charge in [-0.2, -0.15) is 0 Å². The van der Waals surface area contributed by atoms with E-state index in [1.54, 1.807) is 18.2 Å². The summed E-state index contributed by atoms with van der Waals surface area (Å²) >= 11 is 0. The van der Waals surface area contributed by atoms with E-state index in [4.69, 9.17) is 10.5 Å². The zero-order valence-electron chi connectivity index (χ0n) is 14.2. The van der Waals surface area contributed by atoms with Crippen molar-refractivity contribution in [2.24, 2.45) is 5.73 Å². The summed E-state index contributed by atoms with van der Waals surface area (Å²) in [5.74, 6) is 0.227. The highest BCUT2D eigenvalue weighted by atomic mass is 16.5. The SMILES string of the molecule is COc1cc(NC(=O)CCN)ccc1NC(=O)CCc1ccccc1. The second kappa shape index (κ2) is 9.44. The van der Waals surface area contributed by atoms with Crippen molar-refractivity contribution in [2.75, 3.05) is 24.3 Å². The summed E-state index contributed by atoms with van der Waals surface area (Å²) in [5, 5.41) is 5.57. The van der Waals surface area contributed by atoms with Crippen LogP contribution in [-0.2, 0) is 16.0 Å². The van der Waals surface area contributed by atoms with E-state index in [0.717, 1.165) is 5.56 Å². The minimum Gasteiger partial charge on any atom is -0.494 e. The Balaban J connectivity index is 1.96. The molecule has 0 heterocycles. The van der Waals surface area contributed by atoms with E-state index in [-0.39, 0.29) is 18.2 Å². The number of anilines is 2. The smallest absolute Gasteiger partial charge is 0.225 e. The van der Waals surface area contributed by atoms with E-state index in [0.29, 0.717) is 36.5 Å². The quantitative estimate of drug-likeness (QED) is 0.688. The van der Waals surface area contributed by atoms with Gasteiger partial charge in [0.1, 0.15) is 5.75 Å². The van der Waals surface area contributed by atoms with E-state index in [1.165, 1.54) is 7.11 Å². The molecule has 0 aromatic heterocycles. The molecule has 0 bridgehead atoms. The minimum absolute atomic E-state index is 0.0953. The number of nitrogens with two attached hydrogens (primary N) is 1. The molecule has 132 valence electrons. The van der Waals surface area contributed by atoms with Gasteiger partial charge in [0.15, 0.2) is 0 Å². The molecule has 4 N–H and O–H groups in total. The van der Waals surface area contributed by atoms with Gasteiger partial charge in [-0.25, -0.2) is 0 Å². The van der Waals surface area contributed by atoms with Gasteiger partial charge in [0.05, 0.1) is 12.8 Å². The Labute approximate surface area is 147 Å². The van der Waals surface area contributed by atoms with Crippen LogP contribution in [0.1, 0.15) is 18.4 Å². The Kier molecular flexibility index (Phi) is 6.98. The van der Waals surface area contributed by atoms with Gasteiger partial charge >= 0.3 is 0 Å². The fourth-order valence-corrected chi connectivity index (χ4v) is 2.34. The molecular formula is C19H23N3O3. The molecule has 2 rings (SSSR count). The van der Waals surface area contributed by atoms with Crippen molar-refractivity contribution >= 4 is 23.2 Å². The number of hydrogen-bond donors (Lipinski definition) is 3. The second-order valence-electron chi connectivity index (χ2n) is 5.54. The Hall–Kier alpha value is -2.86. The highest BCUT2D eigenvalue weighted by Gasteiger charge is 2.10. The standard InChI is InChI=1S/C19H23N3O3/c1-25-17-13-15(21-19(24)11-12-20)8-9-16(17)22-18(23)10-7-14-5-3-2-4-6-14/h2-6,8-9,13H,7,10-12,20H2,1H3,(H,21,24)(H,22,23). The predicted molar refractivity (Wildman–Crippen MR) is 98.7 cm³/mol. The highest BCUT2D eigenvalue weighted by molar-refractivity contribution is 5.94. The third-order valence-electron chi connectivity index (χ3n) is 3.61. The van der Waals surface area contributed by atoms with E-state index >= 15 is 0 Å². The first-order valence-corrected chi connectivity index (χ1v) is 8.14.